The molecule has 0 saturated carbocycles. The highest BCUT2D eigenvalue weighted by atomic mass is 16.5. The van der Waals surface area contributed by atoms with Crippen LogP contribution in [0.15, 0.2) is 30.3 Å². The molecule has 3 rings (SSSR count). The van der Waals surface area contributed by atoms with E-state index in [0.717, 1.165) is 22.8 Å². The van der Waals surface area contributed by atoms with Gasteiger partial charge in [-0.25, -0.2) is 4.79 Å². The zero-order valence-corrected chi connectivity index (χ0v) is 18.3. The van der Waals surface area contributed by atoms with Gasteiger partial charge in [0.05, 0.1) is 12.3 Å². The number of aryl methyl sites for hydroxylation is 3. The van der Waals surface area contributed by atoms with Crippen molar-refractivity contribution >= 4 is 11.8 Å². The first-order valence-electron chi connectivity index (χ1n) is 9.87. The summed E-state index contributed by atoms with van der Waals surface area (Å²) in [6, 6.07) is 9.53. The fourth-order valence-electron chi connectivity index (χ4n) is 3.65. The van der Waals surface area contributed by atoms with E-state index in [1.165, 1.54) is 0 Å². The van der Waals surface area contributed by atoms with Crippen molar-refractivity contribution in [1.82, 2.24) is 14.3 Å². The highest BCUT2D eigenvalue weighted by molar-refractivity contribution is 6.01. The van der Waals surface area contributed by atoms with Crippen molar-refractivity contribution in [3.8, 4) is 11.4 Å². The number of benzene rings is 1. The number of ketones is 1. The van der Waals surface area contributed by atoms with Gasteiger partial charge in [0.1, 0.15) is 11.3 Å². The lowest BCUT2D eigenvalue weighted by Crippen LogP contribution is -2.16. The zero-order valence-electron chi connectivity index (χ0n) is 18.3. The van der Waals surface area contributed by atoms with E-state index in [9.17, 15) is 9.59 Å². The summed E-state index contributed by atoms with van der Waals surface area (Å²) >= 11 is 0. The van der Waals surface area contributed by atoms with Crippen LogP contribution in [0.4, 0.5) is 0 Å². The first kappa shape index (κ1) is 21.4. The Balaban J connectivity index is 1.77. The average Bonchev–Trinajstić information content (AvgIpc) is 3.14. The normalized spacial score (nSPS) is 10.9. The molecule has 2 heterocycles. The van der Waals surface area contributed by atoms with Crippen LogP contribution in [0.1, 0.15) is 50.4 Å². The van der Waals surface area contributed by atoms with Crippen molar-refractivity contribution in [2.45, 2.75) is 34.6 Å². The number of Topliss-reactive ketones (excluding diaryl/α,β-unsaturated/α-hetero) is 1. The van der Waals surface area contributed by atoms with Crippen molar-refractivity contribution in [3.63, 3.8) is 0 Å². The van der Waals surface area contributed by atoms with E-state index >= 15 is 0 Å². The number of ether oxygens (including phenoxy) is 2. The number of rotatable bonds is 7. The van der Waals surface area contributed by atoms with Gasteiger partial charge < -0.3 is 14.0 Å². The zero-order chi connectivity index (χ0) is 22.0. The Bertz CT molecular complexity index is 1090. The molecule has 0 saturated heterocycles. The third-order valence-electron chi connectivity index (χ3n) is 5.18. The second-order valence-electron chi connectivity index (χ2n) is 7.22. The maximum absolute atomic E-state index is 12.8. The van der Waals surface area contributed by atoms with Gasteiger partial charge in [-0.05, 0) is 65.0 Å². The molecule has 0 spiro atoms. The predicted octanol–water partition coefficient (Wildman–Crippen LogP) is 3.88. The molecule has 0 bridgehead atoms. The summed E-state index contributed by atoms with van der Waals surface area (Å²) in [6.45, 7) is 9.59. The van der Waals surface area contributed by atoms with Gasteiger partial charge in [0.15, 0.2) is 6.61 Å². The fourth-order valence-corrected chi connectivity index (χ4v) is 3.65. The Morgan fingerprint density at radius 1 is 1.03 bits per heavy atom. The lowest BCUT2D eigenvalue weighted by molar-refractivity contribution is 0.0473. The smallest absolute Gasteiger partial charge is 0.342 e. The van der Waals surface area contributed by atoms with Crippen LogP contribution in [0.5, 0.6) is 5.75 Å². The number of carbonyl (C=O) groups excluding carboxylic acids is 2. The fraction of sp³-hybridized carbons (Fsp3) is 0.348. The molecule has 0 amide bonds. The number of hydrogen-bond acceptors (Lipinski definition) is 5. The number of aromatic nitrogens is 3. The van der Waals surface area contributed by atoms with Crippen molar-refractivity contribution in [2.24, 2.45) is 7.05 Å². The predicted molar refractivity (Wildman–Crippen MR) is 114 cm³/mol. The van der Waals surface area contributed by atoms with Gasteiger partial charge in [0, 0.05) is 35.4 Å². The Labute approximate surface area is 176 Å². The summed E-state index contributed by atoms with van der Waals surface area (Å²) < 4.78 is 14.4. The van der Waals surface area contributed by atoms with Gasteiger partial charge in [-0.15, -0.1) is 0 Å². The van der Waals surface area contributed by atoms with Gasteiger partial charge in [0.25, 0.3) is 0 Å². The van der Waals surface area contributed by atoms with E-state index in [1.807, 2.05) is 55.7 Å². The van der Waals surface area contributed by atoms with Gasteiger partial charge in [-0.1, -0.05) is 0 Å². The van der Waals surface area contributed by atoms with E-state index in [0.29, 0.717) is 29.1 Å². The van der Waals surface area contributed by atoms with Crippen molar-refractivity contribution < 1.29 is 19.1 Å². The molecule has 7 heteroatoms. The molecule has 7 nitrogen and oxygen atoms in total. The van der Waals surface area contributed by atoms with Gasteiger partial charge in [-0.2, -0.15) is 5.10 Å². The third-order valence-corrected chi connectivity index (χ3v) is 5.18. The summed E-state index contributed by atoms with van der Waals surface area (Å²) in [5.74, 6) is 0.0208. The summed E-state index contributed by atoms with van der Waals surface area (Å²) in [5, 5.41) is 4.22. The Kier molecular flexibility index (Phi) is 6.10. The van der Waals surface area contributed by atoms with Crippen LogP contribution in [0.2, 0.25) is 0 Å². The first-order valence-corrected chi connectivity index (χ1v) is 9.87. The maximum atomic E-state index is 12.8. The van der Waals surface area contributed by atoms with Crippen LogP contribution >= 0.6 is 0 Å². The Morgan fingerprint density at radius 2 is 1.70 bits per heavy atom. The van der Waals surface area contributed by atoms with E-state index in [1.54, 1.807) is 25.6 Å². The van der Waals surface area contributed by atoms with E-state index < -0.39 is 5.97 Å². The molecule has 0 fully saturated rings. The number of nitrogens with zero attached hydrogens (tertiary/aromatic N) is 3. The minimum atomic E-state index is -0.535. The minimum Gasteiger partial charge on any atom is -0.494 e. The maximum Gasteiger partial charge on any atom is 0.342 e. The van der Waals surface area contributed by atoms with Gasteiger partial charge in [-0.3, -0.25) is 9.48 Å². The van der Waals surface area contributed by atoms with Crippen LogP contribution in [-0.4, -0.2) is 39.3 Å². The first-order chi connectivity index (χ1) is 14.2. The van der Waals surface area contributed by atoms with Crippen LogP contribution in [0.3, 0.4) is 0 Å². The van der Waals surface area contributed by atoms with E-state index in [-0.39, 0.29) is 12.4 Å². The average molecular weight is 409 g/mol. The Hall–Kier alpha value is -3.35. The molecule has 0 unspecified atom stereocenters. The lowest BCUT2D eigenvalue weighted by Gasteiger charge is -2.11. The standard InChI is InChI=1S/C23H27N3O4/c1-7-29-19-10-8-18(9-11-19)26-14(2)12-20(16(26)4)21(27)13-30-23(28)22-15(3)24-25(6)17(22)5/h8-12H,7,13H2,1-6H3. The van der Waals surface area contributed by atoms with E-state index in [2.05, 4.69) is 5.10 Å². The van der Waals surface area contributed by atoms with Crippen molar-refractivity contribution in [2.75, 3.05) is 13.2 Å². The molecule has 0 aliphatic heterocycles. The molecule has 0 atom stereocenters. The largest absolute Gasteiger partial charge is 0.494 e. The highest BCUT2D eigenvalue weighted by Crippen LogP contribution is 2.23. The van der Waals surface area contributed by atoms with Gasteiger partial charge >= 0.3 is 5.97 Å². The van der Waals surface area contributed by atoms with Crippen LogP contribution in [0.25, 0.3) is 5.69 Å². The number of hydrogen-bond donors (Lipinski definition) is 0. The lowest BCUT2D eigenvalue weighted by atomic mass is 10.1. The quantitative estimate of drug-likeness (QED) is 0.437. The summed E-state index contributed by atoms with van der Waals surface area (Å²) in [7, 11) is 1.76. The molecule has 158 valence electrons. The molecule has 2 aromatic heterocycles. The molecule has 30 heavy (non-hydrogen) atoms. The third kappa shape index (κ3) is 4.01. The summed E-state index contributed by atoms with van der Waals surface area (Å²) in [4.78, 5) is 25.2. The SMILES string of the molecule is CCOc1ccc(-n2c(C)cc(C(=O)COC(=O)c3c(C)nn(C)c3C)c2C)cc1. The Morgan fingerprint density at radius 3 is 2.27 bits per heavy atom. The second kappa shape index (κ2) is 8.57. The topological polar surface area (TPSA) is 75.3 Å². The molecule has 0 aliphatic carbocycles. The molecule has 0 N–H and O–H groups in total. The molecule has 1 aromatic carbocycles. The summed E-state index contributed by atoms with van der Waals surface area (Å²) in [6.07, 6.45) is 0. The van der Waals surface area contributed by atoms with Crippen LogP contribution in [0, 0.1) is 27.7 Å². The highest BCUT2D eigenvalue weighted by Gasteiger charge is 2.22. The second-order valence-corrected chi connectivity index (χ2v) is 7.22. The number of esters is 1. The monoisotopic (exact) mass is 409 g/mol. The van der Waals surface area contributed by atoms with Crippen molar-refractivity contribution in [1.29, 1.82) is 0 Å². The van der Waals surface area contributed by atoms with Crippen LogP contribution < -0.4 is 4.74 Å². The van der Waals surface area contributed by atoms with Crippen molar-refractivity contribution in [3.05, 3.63) is 64.2 Å². The minimum absolute atomic E-state index is 0.243. The summed E-state index contributed by atoms with van der Waals surface area (Å²) in [5.41, 5.74) is 4.89. The molecular formula is C23H27N3O4. The number of carbonyl (C=O) groups is 2. The van der Waals surface area contributed by atoms with E-state index in [4.69, 9.17) is 9.47 Å². The molecule has 0 radical (unpaired) electrons. The molecule has 3 aromatic rings. The molecule has 0 aliphatic rings. The molecular weight excluding hydrogens is 382 g/mol. The van der Waals surface area contributed by atoms with Gasteiger partial charge in [0.2, 0.25) is 5.78 Å². The van der Waals surface area contributed by atoms with Crippen LogP contribution in [-0.2, 0) is 11.8 Å².